The van der Waals surface area contributed by atoms with Gasteiger partial charge in [0.1, 0.15) is 16.1 Å². The van der Waals surface area contributed by atoms with Crippen LogP contribution < -0.4 is 0 Å². The second kappa shape index (κ2) is 7.21. The van der Waals surface area contributed by atoms with Crippen LogP contribution in [0.5, 0.6) is 0 Å². The van der Waals surface area contributed by atoms with Gasteiger partial charge in [0.2, 0.25) is 10.0 Å². The zero-order chi connectivity index (χ0) is 21.8. The molecule has 4 heterocycles. The van der Waals surface area contributed by atoms with Crippen molar-refractivity contribution in [1.29, 1.82) is 0 Å². The van der Waals surface area contributed by atoms with E-state index < -0.39 is 10.0 Å². The smallest absolute Gasteiger partial charge is 0.289 e. The van der Waals surface area contributed by atoms with Crippen molar-refractivity contribution < 1.29 is 17.6 Å². The molecule has 1 saturated heterocycles. The summed E-state index contributed by atoms with van der Waals surface area (Å²) in [5.74, 6) is 0.116. The molecule has 1 aliphatic heterocycles. The first kappa shape index (κ1) is 19.8. The van der Waals surface area contributed by atoms with Gasteiger partial charge < -0.3 is 14.3 Å². The monoisotopic (exact) mass is 438 g/mol. The van der Waals surface area contributed by atoms with Crippen LogP contribution in [0.2, 0.25) is 0 Å². The maximum absolute atomic E-state index is 13.2. The lowest BCUT2D eigenvalue weighted by Gasteiger charge is -2.33. The molecular formula is C22H22N4O4S. The molecule has 31 heavy (non-hydrogen) atoms. The Kier molecular flexibility index (Phi) is 4.60. The highest BCUT2D eigenvalue weighted by Gasteiger charge is 2.33. The second-order valence-corrected chi connectivity index (χ2v) is 9.66. The first-order valence-corrected chi connectivity index (χ1v) is 11.5. The van der Waals surface area contributed by atoms with E-state index in [-0.39, 0.29) is 23.9 Å². The number of aromatic nitrogens is 2. The zero-order valence-electron chi connectivity index (χ0n) is 17.3. The largest absolute Gasteiger partial charge is 0.450 e. The summed E-state index contributed by atoms with van der Waals surface area (Å²) in [6.07, 6.45) is 3.09. The average Bonchev–Trinajstić information content (AvgIpc) is 3.36. The van der Waals surface area contributed by atoms with Gasteiger partial charge in [0, 0.05) is 54.9 Å². The molecule has 0 radical (unpaired) electrons. The number of fused-ring (bicyclic) bond motifs is 2. The molecule has 1 fully saturated rings. The molecule has 0 bridgehead atoms. The fourth-order valence-corrected chi connectivity index (χ4v) is 5.72. The molecule has 0 unspecified atom stereocenters. The van der Waals surface area contributed by atoms with Gasteiger partial charge in [-0.15, -0.1) is 0 Å². The summed E-state index contributed by atoms with van der Waals surface area (Å²) in [6, 6.07) is 9.28. The molecule has 0 aliphatic carbocycles. The molecule has 3 aromatic heterocycles. The third kappa shape index (κ3) is 3.12. The molecule has 9 heteroatoms. The van der Waals surface area contributed by atoms with E-state index in [2.05, 4.69) is 9.97 Å². The summed E-state index contributed by atoms with van der Waals surface area (Å²) in [6.45, 7) is 4.87. The van der Waals surface area contributed by atoms with Crippen LogP contribution in [0, 0.1) is 13.8 Å². The molecule has 160 valence electrons. The molecule has 1 N–H and O–H groups in total. The van der Waals surface area contributed by atoms with E-state index in [4.69, 9.17) is 4.42 Å². The van der Waals surface area contributed by atoms with Crippen molar-refractivity contribution in [3.8, 4) is 0 Å². The fourth-order valence-electron chi connectivity index (χ4n) is 4.15. The van der Waals surface area contributed by atoms with Crippen LogP contribution in [0.3, 0.4) is 0 Å². The molecule has 0 spiro atoms. The number of piperazine rings is 1. The predicted molar refractivity (Wildman–Crippen MR) is 116 cm³/mol. The van der Waals surface area contributed by atoms with E-state index >= 15 is 0 Å². The maximum Gasteiger partial charge on any atom is 0.289 e. The standard InChI is InChI=1S/C22H22N4O4S/c1-14-5-3-6-16-15(2)20(30-19(14)16)22(27)25-9-11-26(12-10-25)31(28,29)18-13-24-21-17(18)7-4-8-23-21/h3-8,13H,9-12H2,1-2H3,(H,23,24). The van der Waals surface area contributed by atoms with Crippen LogP contribution in [-0.2, 0) is 10.0 Å². The quantitative estimate of drug-likeness (QED) is 0.530. The van der Waals surface area contributed by atoms with E-state index in [1.54, 1.807) is 23.2 Å². The van der Waals surface area contributed by atoms with Crippen LogP contribution in [0.1, 0.15) is 21.7 Å². The molecule has 1 aliphatic rings. The summed E-state index contributed by atoms with van der Waals surface area (Å²) >= 11 is 0. The number of carbonyl (C=O) groups excluding carboxylic acids is 1. The van der Waals surface area contributed by atoms with Crippen molar-refractivity contribution in [2.24, 2.45) is 0 Å². The number of benzene rings is 1. The van der Waals surface area contributed by atoms with Gasteiger partial charge in [0.15, 0.2) is 5.76 Å². The van der Waals surface area contributed by atoms with E-state index in [0.717, 1.165) is 22.1 Å². The zero-order valence-corrected chi connectivity index (χ0v) is 18.1. The number of H-pyrrole nitrogens is 1. The fraction of sp³-hybridized carbons (Fsp3) is 0.273. The summed E-state index contributed by atoms with van der Waals surface area (Å²) in [5.41, 5.74) is 3.04. The average molecular weight is 439 g/mol. The van der Waals surface area contributed by atoms with Crippen molar-refractivity contribution in [1.82, 2.24) is 19.2 Å². The first-order valence-electron chi connectivity index (χ1n) is 10.1. The highest BCUT2D eigenvalue weighted by atomic mass is 32.2. The summed E-state index contributed by atoms with van der Waals surface area (Å²) in [7, 11) is -3.69. The van der Waals surface area contributed by atoms with Crippen LogP contribution in [0.4, 0.5) is 0 Å². The minimum atomic E-state index is -3.69. The van der Waals surface area contributed by atoms with E-state index in [1.165, 1.54) is 10.5 Å². The molecule has 1 aromatic carbocycles. The van der Waals surface area contributed by atoms with Gasteiger partial charge in [-0.25, -0.2) is 13.4 Å². The third-order valence-electron chi connectivity index (χ3n) is 5.91. The van der Waals surface area contributed by atoms with Gasteiger partial charge in [0.25, 0.3) is 5.91 Å². The Balaban J connectivity index is 1.36. The number of hydrogen-bond donors (Lipinski definition) is 1. The van der Waals surface area contributed by atoms with Crippen molar-refractivity contribution in [3.05, 3.63) is 59.6 Å². The number of pyridine rings is 1. The topological polar surface area (TPSA) is 99.5 Å². The van der Waals surface area contributed by atoms with Crippen LogP contribution in [-0.4, -0.2) is 59.7 Å². The van der Waals surface area contributed by atoms with E-state index in [1.807, 2.05) is 32.0 Å². The number of aryl methyl sites for hydroxylation is 2. The number of aromatic amines is 1. The Morgan fingerprint density at radius 2 is 1.81 bits per heavy atom. The number of sulfonamides is 1. The number of hydrogen-bond acceptors (Lipinski definition) is 5. The lowest BCUT2D eigenvalue weighted by Crippen LogP contribution is -2.50. The minimum absolute atomic E-state index is 0.207. The second-order valence-electron chi connectivity index (χ2n) is 7.76. The maximum atomic E-state index is 13.2. The van der Waals surface area contributed by atoms with Gasteiger partial charge in [0.05, 0.1) is 0 Å². The Morgan fingerprint density at radius 3 is 2.55 bits per heavy atom. The predicted octanol–water partition coefficient (Wildman–Crippen LogP) is 3.07. The molecule has 0 saturated carbocycles. The highest BCUT2D eigenvalue weighted by Crippen LogP contribution is 2.29. The van der Waals surface area contributed by atoms with Crippen LogP contribution in [0.15, 0.2) is 52.0 Å². The third-order valence-corrected chi connectivity index (χ3v) is 7.85. The van der Waals surface area contributed by atoms with Gasteiger partial charge in [-0.2, -0.15) is 4.31 Å². The Labute approximate surface area is 179 Å². The SMILES string of the molecule is Cc1c(C(=O)N2CCN(S(=O)(=O)c3c[nH]c4ncccc34)CC2)oc2c(C)cccc12. The van der Waals surface area contributed by atoms with Crippen LogP contribution >= 0.6 is 0 Å². The number of carbonyl (C=O) groups is 1. The normalized spacial score (nSPS) is 15.7. The van der Waals surface area contributed by atoms with Crippen molar-refractivity contribution >= 4 is 37.9 Å². The number of nitrogens with zero attached hydrogens (tertiary/aromatic N) is 3. The first-order chi connectivity index (χ1) is 14.9. The molecule has 8 nitrogen and oxygen atoms in total. The minimum Gasteiger partial charge on any atom is -0.450 e. The van der Waals surface area contributed by atoms with Crippen molar-refractivity contribution in [3.63, 3.8) is 0 Å². The lowest BCUT2D eigenvalue weighted by atomic mass is 10.1. The summed E-state index contributed by atoms with van der Waals surface area (Å²) < 4.78 is 33.7. The Morgan fingerprint density at radius 1 is 1.06 bits per heavy atom. The van der Waals surface area contributed by atoms with E-state index in [0.29, 0.717) is 29.9 Å². The number of amides is 1. The summed E-state index contributed by atoms with van der Waals surface area (Å²) in [5, 5.41) is 1.49. The van der Waals surface area contributed by atoms with Crippen LogP contribution in [0.25, 0.3) is 22.0 Å². The van der Waals surface area contributed by atoms with Gasteiger partial charge in [-0.05, 0) is 31.5 Å². The van der Waals surface area contributed by atoms with Gasteiger partial charge >= 0.3 is 0 Å². The number of rotatable bonds is 3. The van der Waals surface area contributed by atoms with Crippen molar-refractivity contribution in [2.75, 3.05) is 26.2 Å². The van der Waals surface area contributed by atoms with Gasteiger partial charge in [-0.3, -0.25) is 4.79 Å². The molecule has 0 atom stereocenters. The molecular weight excluding hydrogens is 416 g/mol. The molecule has 4 aromatic rings. The van der Waals surface area contributed by atoms with Crippen molar-refractivity contribution in [2.45, 2.75) is 18.7 Å². The van der Waals surface area contributed by atoms with Gasteiger partial charge in [-0.1, -0.05) is 18.2 Å². The molecule has 1 amide bonds. The Hall–Kier alpha value is -3.17. The number of para-hydroxylation sites is 1. The number of nitrogens with one attached hydrogen (secondary N) is 1. The number of furan rings is 1. The Bertz CT molecular complexity index is 1410. The van der Waals surface area contributed by atoms with E-state index in [9.17, 15) is 13.2 Å². The molecule has 5 rings (SSSR count). The summed E-state index contributed by atoms with van der Waals surface area (Å²) in [4.78, 5) is 22.0. The lowest BCUT2D eigenvalue weighted by molar-refractivity contribution is 0.0667. The highest BCUT2D eigenvalue weighted by molar-refractivity contribution is 7.89.